The molecular weight excluding hydrogens is 468 g/mol. The number of rotatable bonds is 7. The molecule has 1 atom stereocenters. The number of hydrogen-bond donors (Lipinski definition) is 1. The number of hydrogen-bond acceptors (Lipinski definition) is 6. The van der Waals surface area contributed by atoms with Gasteiger partial charge in [0.1, 0.15) is 5.82 Å². The zero-order valence-electron chi connectivity index (χ0n) is 20.1. The van der Waals surface area contributed by atoms with E-state index in [0.717, 1.165) is 30.5 Å². The minimum atomic E-state index is -0.241. The quantitative estimate of drug-likeness (QED) is 0.536. The maximum Gasteiger partial charge on any atom is 0.271 e. The number of nitrogens with one attached hydrogen (secondary N) is 1. The molecule has 1 N–H and O–H groups in total. The number of carbonyl (C=O) groups excluding carboxylic acids is 1. The van der Waals surface area contributed by atoms with Crippen LogP contribution < -0.4 is 25.2 Å². The number of aromatic nitrogens is 2. The van der Waals surface area contributed by atoms with E-state index in [4.69, 9.17) is 21.1 Å². The minimum Gasteiger partial charge on any atom is -0.493 e. The molecule has 2 aromatic carbocycles. The molecule has 1 aliphatic rings. The third-order valence-corrected chi connectivity index (χ3v) is 6.62. The summed E-state index contributed by atoms with van der Waals surface area (Å²) >= 11 is 6.25. The highest BCUT2D eigenvalue weighted by Gasteiger charge is 2.27. The molecule has 1 fully saturated rings. The zero-order valence-corrected chi connectivity index (χ0v) is 20.8. The van der Waals surface area contributed by atoms with E-state index < -0.39 is 0 Å². The molecule has 1 amide bonds. The van der Waals surface area contributed by atoms with Crippen LogP contribution in [0.1, 0.15) is 24.0 Å². The van der Waals surface area contributed by atoms with Gasteiger partial charge in [0.25, 0.3) is 5.56 Å². The number of benzene rings is 2. The van der Waals surface area contributed by atoms with Gasteiger partial charge >= 0.3 is 0 Å². The number of aryl methyl sites for hydroxylation is 1. The van der Waals surface area contributed by atoms with Gasteiger partial charge in [-0.25, -0.2) is 0 Å². The number of nitrogens with zero attached hydrogens (tertiary/aromatic N) is 3. The van der Waals surface area contributed by atoms with Crippen molar-refractivity contribution >= 4 is 23.3 Å². The summed E-state index contributed by atoms with van der Waals surface area (Å²) in [6, 6.07) is 14.2. The molecule has 184 valence electrons. The molecule has 2 heterocycles. The van der Waals surface area contributed by atoms with Gasteiger partial charge in [-0.2, -0.15) is 4.68 Å². The van der Waals surface area contributed by atoms with Crippen molar-refractivity contribution in [2.45, 2.75) is 26.3 Å². The predicted octanol–water partition coefficient (Wildman–Crippen LogP) is 3.74. The minimum absolute atomic E-state index is 0.0110. The Morgan fingerprint density at radius 3 is 2.66 bits per heavy atom. The Kier molecular flexibility index (Phi) is 7.60. The zero-order chi connectivity index (χ0) is 24.9. The number of carbonyl (C=O) groups is 1. The second-order valence-electron chi connectivity index (χ2n) is 8.57. The van der Waals surface area contributed by atoms with Gasteiger partial charge in [-0.1, -0.05) is 23.7 Å². The monoisotopic (exact) mass is 496 g/mol. The smallest absolute Gasteiger partial charge is 0.271 e. The number of anilines is 1. The van der Waals surface area contributed by atoms with Crippen LogP contribution in [-0.2, 0) is 11.3 Å². The molecule has 1 aliphatic heterocycles. The lowest BCUT2D eigenvalue weighted by molar-refractivity contribution is -0.125. The Labute approximate surface area is 209 Å². The molecule has 1 saturated heterocycles. The van der Waals surface area contributed by atoms with E-state index in [0.29, 0.717) is 41.1 Å². The van der Waals surface area contributed by atoms with Crippen molar-refractivity contribution < 1.29 is 14.3 Å². The van der Waals surface area contributed by atoms with Crippen LogP contribution in [-0.4, -0.2) is 43.0 Å². The SMILES string of the molecule is COc1ccc(CNC(=O)[C@H]2CCCN(c3ccc(=O)n(-c4ccc(C)c(Cl)c4)n3)C2)cc1OC. The van der Waals surface area contributed by atoms with Gasteiger partial charge in [0.2, 0.25) is 5.91 Å². The number of methoxy groups -OCH3 is 2. The Morgan fingerprint density at radius 1 is 1.11 bits per heavy atom. The van der Waals surface area contributed by atoms with Crippen LogP contribution in [0.25, 0.3) is 5.69 Å². The average molecular weight is 497 g/mol. The fourth-order valence-electron chi connectivity index (χ4n) is 4.19. The maximum atomic E-state index is 13.0. The van der Waals surface area contributed by atoms with Crippen molar-refractivity contribution in [3.63, 3.8) is 0 Å². The van der Waals surface area contributed by atoms with E-state index in [2.05, 4.69) is 15.3 Å². The second-order valence-corrected chi connectivity index (χ2v) is 8.97. The summed E-state index contributed by atoms with van der Waals surface area (Å²) in [5.41, 5.74) is 2.22. The van der Waals surface area contributed by atoms with Crippen molar-refractivity contribution in [3.05, 3.63) is 75.0 Å². The summed E-state index contributed by atoms with van der Waals surface area (Å²) in [5.74, 6) is 1.73. The molecular formula is C26H29ClN4O4. The van der Waals surface area contributed by atoms with Crippen molar-refractivity contribution in [2.75, 3.05) is 32.2 Å². The first-order chi connectivity index (χ1) is 16.9. The van der Waals surface area contributed by atoms with Crippen LogP contribution in [0.3, 0.4) is 0 Å². The molecule has 0 radical (unpaired) electrons. The normalized spacial score (nSPS) is 15.5. The summed E-state index contributed by atoms with van der Waals surface area (Å²) in [4.78, 5) is 27.5. The summed E-state index contributed by atoms with van der Waals surface area (Å²) in [6.07, 6.45) is 1.65. The second kappa shape index (κ2) is 10.8. The lowest BCUT2D eigenvalue weighted by atomic mass is 9.97. The third kappa shape index (κ3) is 5.59. The topological polar surface area (TPSA) is 85.7 Å². The number of piperidine rings is 1. The summed E-state index contributed by atoms with van der Waals surface area (Å²) < 4.78 is 12.0. The fraction of sp³-hybridized carbons (Fsp3) is 0.346. The van der Waals surface area contributed by atoms with Gasteiger partial charge in [0.15, 0.2) is 11.5 Å². The molecule has 9 heteroatoms. The Bertz CT molecular complexity index is 1280. The molecule has 4 rings (SSSR count). The van der Waals surface area contributed by atoms with Crippen molar-refractivity contribution in [1.82, 2.24) is 15.1 Å². The number of ether oxygens (including phenoxy) is 2. The summed E-state index contributed by atoms with van der Waals surface area (Å²) in [5, 5.41) is 8.18. The predicted molar refractivity (Wildman–Crippen MR) is 136 cm³/mol. The molecule has 0 aliphatic carbocycles. The molecule has 3 aromatic rings. The standard InChI is InChI=1S/C26H29ClN4O4/c1-17-6-8-20(14-21(17)27)31-25(32)11-10-24(29-31)30-12-4-5-19(16-30)26(33)28-15-18-7-9-22(34-2)23(13-18)35-3/h6-11,13-14,19H,4-5,12,15-16H2,1-3H3,(H,28,33)/t19-/m0/s1. The summed E-state index contributed by atoms with van der Waals surface area (Å²) in [6.45, 7) is 3.59. The fourth-order valence-corrected chi connectivity index (χ4v) is 4.37. The van der Waals surface area contributed by atoms with Gasteiger partial charge in [0, 0.05) is 30.7 Å². The van der Waals surface area contributed by atoms with Gasteiger partial charge in [-0.3, -0.25) is 9.59 Å². The molecule has 0 bridgehead atoms. The van der Waals surface area contributed by atoms with E-state index in [1.165, 1.54) is 10.7 Å². The summed E-state index contributed by atoms with van der Waals surface area (Å²) in [7, 11) is 3.17. The molecule has 0 saturated carbocycles. The van der Waals surface area contributed by atoms with Crippen LogP contribution in [0.5, 0.6) is 11.5 Å². The van der Waals surface area contributed by atoms with Gasteiger partial charge in [-0.05, 0) is 61.2 Å². The average Bonchev–Trinajstić information content (AvgIpc) is 2.89. The lowest BCUT2D eigenvalue weighted by Gasteiger charge is -2.33. The number of halogens is 1. The lowest BCUT2D eigenvalue weighted by Crippen LogP contribution is -2.43. The van der Waals surface area contributed by atoms with Crippen LogP contribution >= 0.6 is 11.6 Å². The van der Waals surface area contributed by atoms with E-state index in [9.17, 15) is 9.59 Å². The highest BCUT2D eigenvalue weighted by Crippen LogP contribution is 2.28. The van der Waals surface area contributed by atoms with Crippen LogP contribution in [0.15, 0.2) is 53.3 Å². The largest absolute Gasteiger partial charge is 0.493 e. The third-order valence-electron chi connectivity index (χ3n) is 6.22. The first-order valence-electron chi connectivity index (χ1n) is 11.5. The number of amides is 1. The van der Waals surface area contributed by atoms with Crippen molar-refractivity contribution in [1.29, 1.82) is 0 Å². The van der Waals surface area contributed by atoms with Crippen molar-refractivity contribution in [3.8, 4) is 17.2 Å². The van der Waals surface area contributed by atoms with E-state index in [1.54, 1.807) is 26.4 Å². The Morgan fingerprint density at radius 2 is 1.91 bits per heavy atom. The Balaban J connectivity index is 1.45. The van der Waals surface area contributed by atoms with E-state index in [1.807, 2.05) is 37.3 Å². The maximum absolute atomic E-state index is 13.0. The molecule has 0 unspecified atom stereocenters. The van der Waals surface area contributed by atoms with Gasteiger partial charge in [0.05, 0.1) is 25.8 Å². The highest BCUT2D eigenvalue weighted by atomic mass is 35.5. The van der Waals surface area contributed by atoms with Crippen LogP contribution in [0.4, 0.5) is 5.82 Å². The first-order valence-corrected chi connectivity index (χ1v) is 11.9. The van der Waals surface area contributed by atoms with Crippen LogP contribution in [0, 0.1) is 12.8 Å². The van der Waals surface area contributed by atoms with Gasteiger partial charge in [-0.15, -0.1) is 5.10 Å². The molecule has 1 aromatic heterocycles. The van der Waals surface area contributed by atoms with E-state index >= 15 is 0 Å². The Hall–Kier alpha value is -3.52. The van der Waals surface area contributed by atoms with E-state index in [-0.39, 0.29) is 17.4 Å². The molecule has 0 spiro atoms. The van der Waals surface area contributed by atoms with Gasteiger partial charge < -0.3 is 19.7 Å². The highest BCUT2D eigenvalue weighted by molar-refractivity contribution is 6.31. The molecule has 35 heavy (non-hydrogen) atoms. The molecule has 8 nitrogen and oxygen atoms in total. The first kappa shape index (κ1) is 24.6. The van der Waals surface area contributed by atoms with Crippen molar-refractivity contribution in [2.24, 2.45) is 5.92 Å². The van der Waals surface area contributed by atoms with Crippen LogP contribution in [0.2, 0.25) is 5.02 Å².